The summed E-state index contributed by atoms with van der Waals surface area (Å²) in [5.74, 6) is 1.16. The number of hydrogen-bond donors (Lipinski definition) is 0. The van der Waals surface area contributed by atoms with Gasteiger partial charge in [-0.1, -0.05) is 25.9 Å². The van der Waals surface area contributed by atoms with Gasteiger partial charge in [-0.2, -0.15) is 9.29 Å². The zero-order chi connectivity index (χ0) is 22.1. The summed E-state index contributed by atoms with van der Waals surface area (Å²) in [6.45, 7) is 9.98. The minimum Gasteiger partial charge on any atom is -0.339 e. The van der Waals surface area contributed by atoms with Gasteiger partial charge in [0.2, 0.25) is 15.9 Å². The first-order chi connectivity index (χ1) is 14.0. The third-order valence-corrected chi connectivity index (χ3v) is 6.92. The van der Waals surface area contributed by atoms with Crippen molar-refractivity contribution >= 4 is 15.7 Å². The molecule has 164 valence electrons. The fourth-order valence-electron chi connectivity index (χ4n) is 3.31. The first-order valence-electron chi connectivity index (χ1n) is 9.79. The van der Waals surface area contributed by atoms with Crippen molar-refractivity contribution < 1.29 is 17.9 Å². The summed E-state index contributed by atoms with van der Waals surface area (Å²) in [6, 6.07) is 3.91. The van der Waals surface area contributed by atoms with Crippen LogP contribution in [-0.4, -0.2) is 58.9 Å². The maximum Gasteiger partial charge on any atom is 0.272 e. The number of nitro benzene ring substituents is 1. The minimum absolute atomic E-state index is 0.0760. The SMILES string of the molecule is Cc1cc(S(=O)(=O)N2CCCN(Cc3noc(C(C)(C)C)n3)CC2)ccc1[N+](=O)[O-]. The number of hydrogen-bond acceptors (Lipinski definition) is 8. The minimum atomic E-state index is -3.73. The number of benzene rings is 1. The van der Waals surface area contributed by atoms with E-state index in [9.17, 15) is 18.5 Å². The van der Waals surface area contributed by atoms with Crippen molar-refractivity contribution in [2.75, 3.05) is 26.2 Å². The molecule has 2 heterocycles. The van der Waals surface area contributed by atoms with Crippen molar-refractivity contribution in [1.82, 2.24) is 19.3 Å². The van der Waals surface area contributed by atoms with Crippen LogP contribution >= 0.6 is 0 Å². The van der Waals surface area contributed by atoms with E-state index in [2.05, 4.69) is 15.0 Å². The van der Waals surface area contributed by atoms with Crippen LogP contribution in [0, 0.1) is 17.0 Å². The molecule has 10 nitrogen and oxygen atoms in total. The van der Waals surface area contributed by atoms with Crippen LogP contribution in [0.25, 0.3) is 0 Å². The van der Waals surface area contributed by atoms with Crippen molar-refractivity contribution in [3.05, 3.63) is 45.6 Å². The molecule has 0 bridgehead atoms. The molecule has 1 aliphatic rings. The van der Waals surface area contributed by atoms with Crippen molar-refractivity contribution in [3.63, 3.8) is 0 Å². The Balaban J connectivity index is 1.69. The lowest BCUT2D eigenvalue weighted by Crippen LogP contribution is -2.35. The lowest BCUT2D eigenvalue weighted by Gasteiger charge is -2.21. The molecule has 1 saturated heterocycles. The summed E-state index contributed by atoms with van der Waals surface area (Å²) in [7, 11) is -3.73. The molecule has 0 unspecified atom stereocenters. The summed E-state index contributed by atoms with van der Waals surface area (Å²) < 4.78 is 32.9. The second-order valence-corrected chi connectivity index (χ2v) is 10.4. The Kier molecular flexibility index (Phi) is 6.25. The van der Waals surface area contributed by atoms with E-state index in [0.29, 0.717) is 56.4 Å². The van der Waals surface area contributed by atoms with E-state index in [4.69, 9.17) is 4.52 Å². The molecule has 0 radical (unpaired) electrons. The molecule has 30 heavy (non-hydrogen) atoms. The Hall–Kier alpha value is -2.37. The Bertz CT molecular complexity index is 1030. The Morgan fingerprint density at radius 2 is 1.93 bits per heavy atom. The van der Waals surface area contributed by atoms with Gasteiger partial charge < -0.3 is 4.52 Å². The average Bonchev–Trinajstić information content (AvgIpc) is 2.99. The van der Waals surface area contributed by atoms with Crippen LogP contribution in [-0.2, 0) is 22.0 Å². The number of aryl methyl sites for hydroxylation is 1. The molecule has 0 saturated carbocycles. The van der Waals surface area contributed by atoms with Crippen molar-refractivity contribution in [1.29, 1.82) is 0 Å². The standard InChI is InChI=1S/C19H27N5O5S/c1-14-12-15(6-7-16(14)24(25)26)30(27,28)23-9-5-8-22(10-11-23)13-17-20-18(29-21-17)19(2,3)4/h6-7,12H,5,8-11,13H2,1-4H3. The number of rotatable bonds is 5. The lowest BCUT2D eigenvalue weighted by molar-refractivity contribution is -0.385. The molecule has 0 N–H and O–H groups in total. The molecule has 3 rings (SSSR count). The van der Waals surface area contributed by atoms with E-state index in [1.807, 2.05) is 20.8 Å². The fourth-order valence-corrected chi connectivity index (χ4v) is 4.87. The predicted octanol–water partition coefficient (Wildman–Crippen LogP) is 2.48. The van der Waals surface area contributed by atoms with Gasteiger partial charge in [0.25, 0.3) is 5.69 Å². The van der Waals surface area contributed by atoms with E-state index >= 15 is 0 Å². The third-order valence-electron chi connectivity index (χ3n) is 5.02. The third kappa shape index (κ3) is 4.85. The molecule has 1 aliphatic heterocycles. The van der Waals surface area contributed by atoms with E-state index in [-0.39, 0.29) is 16.0 Å². The molecular formula is C19H27N5O5S. The first-order valence-corrected chi connectivity index (χ1v) is 11.2. The van der Waals surface area contributed by atoms with Crippen LogP contribution in [0.15, 0.2) is 27.6 Å². The Labute approximate surface area is 176 Å². The lowest BCUT2D eigenvalue weighted by atomic mass is 9.97. The molecule has 0 atom stereocenters. The van der Waals surface area contributed by atoms with Gasteiger partial charge in [-0.25, -0.2) is 8.42 Å². The van der Waals surface area contributed by atoms with Crippen molar-refractivity contribution in [3.8, 4) is 0 Å². The highest BCUT2D eigenvalue weighted by atomic mass is 32.2. The topological polar surface area (TPSA) is 123 Å². The second kappa shape index (κ2) is 8.40. The second-order valence-electron chi connectivity index (χ2n) is 8.50. The smallest absolute Gasteiger partial charge is 0.272 e. The average molecular weight is 438 g/mol. The van der Waals surface area contributed by atoms with Crippen LogP contribution in [0.1, 0.15) is 44.5 Å². The van der Waals surface area contributed by atoms with E-state index in [0.717, 1.165) is 0 Å². The van der Waals surface area contributed by atoms with E-state index in [1.165, 1.54) is 29.4 Å². The van der Waals surface area contributed by atoms with Crippen LogP contribution in [0.2, 0.25) is 0 Å². The molecule has 1 aromatic carbocycles. The Morgan fingerprint density at radius 1 is 1.20 bits per heavy atom. The molecule has 0 aliphatic carbocycles. The Morgan fingerprint density at radius 3 is 2.53 bits per heavy atom. The van der Waals surface area contributed by atoms with E-state index in [1.54, 1.807) is 0 Å². The van der Waals surface area contributed by atoms with Gasteiger partial charge in [0.05, 0.1) is 16.4 Å². The maximum absolute atomic E-state index is 13.0. The number of nitro groups is 1. The zero-order valence-corrected chi connectivity index (χ0v) is 18.5. The fraction of sp³-hybridized carbons (Fsp3) is 0.579. The molecule has 0 amide bonds. The van der Waals surface area contributed by atoms with Gasteiger partial charge in [-0.15, -0.1) is 0 Å². The summed E-state index contributed by atoms with van der Waals surface area (Å²) in [6.07, 6.45) is 0.662. The number of nitrogens with zero attached hydrogens (tertiary/aromatic N) is 5. The van der Waals surface area contributed by atoms with Gasteiger partial charge in [-0.3, -0.25) is 15.0 Å². The van der Waals surface area contributed by atoms with Crippen molar-refractivity contribution in [2.24, 2.45) is 0 Å². The van der Waals surface area contributed by atoms with E-state index < -0.39 is 14.9 Å². The number of aromatic nitrogens is 2. The summed E-state index contributed by atoms with van der Waals surface area (Å²) in [5, 5.41) is 15.0. The molecular weight excluding hydrogens is 410 g/mol. The van der Waals surface area contributed by atoms with Crippen LogP contribution in [0.5, 0.6) is 0 Å². The number of sulfonamides is 1. The molecule has 1 fully saturated rings. The molecule has 0 spiro atoms. The van der Waals surface area contributed by atoms with Gasteiger partial charge in [0.15, 0.2) is 5.82 Å². The summed E-state index contributed by atoms with van der Waals surface area (Å²) >= 11 is 0. The summed E-state index contributed by atoms with van der Waals surface area (Å²) in [4.78, 5) is 17.1. The van der Waals surface area contributed by atoms with Gasteiger partial charge in [-0.05, 0) is 32.0 Å². The molecule has 2 aromatic rings. The molecule has 1 aromatic heterocycles. The first kappa shape index (κ1) is 22.3. The normalized spacial score (nSPS) is 17.1. The van der Waals surface area contributed by atoms with Gasteiger partial charge in [0, 0.05) is 36.7 Å². The monoisotopic (exact) mass is 437 g/mol. The maximum atomic E-state index is 13.0. The van der Waals surface area contributed by atoms with Crippen LogP contribution in [0.4, 0.5) is 5.69 Å². The highest BCUT2D eigenvalue weighted by Gasteiger charge is 2.29. The van der Waals surface area contributed by atoms with Crippen LogP contribution in [0.3, 0.4) is 0 Å². The zero-order valence-electron chi connectivity index (χ0n) is 17.7. The summed E-state index contributed by atoms with van der Waals surface area (Å²) in [5.41, 5.74) is 0.00709. The van der Waals surface area contributed by atoms with Crippen LogP contribution < -0.4 is 0 Å². The largest absolute Gasteiger partial charge is 0.339 e. The quantitative estimate of drug-likeness (QED) is 0.516. The van der Waals surface area contributed by atoms with Crippen molar-refractivity contribution in [2.45, 2.75) is 51.0 Å². The highest BCUT2D eigenvalue weighted by molar-refractivity contribution is 7.89. The predicted molar refractivity (Wildman–Crippen MR) is 109 cm³/mol. The highest BCUT2D eigenvalue weighted by Crippen LogP contribution is 2.25. The van der Waals surface area contributed by atoms with Gasteiger partial charge >= 0.3 is 0 Å². The molecule has 11 heteroatoms. The van der Waals surface area contributed by atoms with Gasteiger partial charge in [0.1, 0.15) is 0 Å².